The first-order valence-electron chi connectivity index (χ1n) is 5.34. The van der Waals surface area contributed by atoms with Crippen molar-refractivity contribution in [3.8, 4) is 0 Å². The number of aryl methyl sites for hydroxylation is 1. The van der Waals surface area contributed by atoms with E-state index in [1.807, 2.05) is 16.7 Å². The van der Waals surface area contributed by atoms with Gasteiger partial charge in [0, 0.05) is 25.9 Å². The zero-order valence-electron chi connectivity index (χ0n) is 9.35. The first kappa shape index (κ1) is 11.3. The van der Waals surface area contributed by atoms with Crippen molar-refractivity contribution in [2.24, 2.45) is 7.05 Å². The molecule has 1 aliphatic heterocycles. The number of aromatic nitrogens is 2. The molecular weight excluding hydrogens is 224 g/mol. The molecule has 1 saturated heterocycles. The van der Waals surface area contributed by atoms with E-state index >= 15 is 0 Å². The largest absolute Gasteiger partial charge is 0.383 e. The summed E-state index contributed by atoms with van der Waals surface area (Å²) in [4.78, 5) is 14.0. The summed E-state index contributed by atoms with van der Waals surface area (Å²) in [5.74, 6) is 2.59. The van der Waals surface area contributed by atoms with Crippen molar-refractivity contribution in [1.82, 2.24) is 14.7 Å². The lowest BCUT2D eigenvalue weighted by Crippen LogP contribution is -2.33. The first-order valence-corrected chi connectivity index (χ1v) is 6.50. The maximum absolute atomic E-state index is 12.2. The molecule has 0 bridgehead atoms. The van der Waals surface area contributed by atoms with Gasteiger partial charge in [0.05, 0.1) is 6.20 Å². The molecule has 1 aliphatic rings. The van der Waals surface area contributed by atoms with E-state index in [1.165, 1.54) is 4.68 Å². The molecule has 1 aromatic heterocycles. The summed E-state index contributed by atoms with van der Waals surface area (Å²) in [5.41, 5.74) is 6.32. The van der Waals surface area contributed by atoms with Crippen LogP contribution in [-0.4, -0.2) is 45.2 Å². The Morgan fingerprint density at radius 2 is 2.31 bits per heavy atom. The molecule has 16 heavy (non-hydrogen) atoms. The average Bonchev–Trinajstić information content (AvgIpc) is 2.53. The van der Waals surface area contributed by atoms with Gasteiger partial charge in [-0.2, -0.15) is 16.9 Å². The van der Waals surface area contributed by atoms with Gasteiger partial charge in [0.25, 0.3) is 5.91 Å². The molecule has 0 atom stereocenters. The van der Waals surface area contributed by atoms with Gasteiger partial charge in [0.15, 0.2) is 0 Å². The van der Waals surface area contributed by atoms with Gasteiger partial charge in [-0.3, -0.25) is 9.48 Å². The van der Waals surface area contributed by atoms with Crippen LogP contribution in [0.2, 0.25) is 0 Å². The van der Waals surface area contributed by atoms with Gasteiger partial charge >= 0.3 is 0 Å². The molecule has 2 heterocycles. The standard InChI is InChI=1S/C10H16N4OS/c1-13-9(11)8(7-12-13)10(15)14-3-2-5-16-6-4-14/h7H,2-6,11H2,1H3. The highest BCUT2D eigenvalue weighted by Gasteiger charge is 2.21. The van der Waals surface area contributed by atoms with Crippen molar-refractivity contribution < 1.29 is 4.79 Å². The lowest BCUT2D eigenvalue weighted by Gasteiger charge is -2.19. The number of anilines is 1. The summed E-state index contributed by atoms with van der Waals surface area (Å²) in [7, 11) is 1.74. The molecule has 2 rings (SSSR count). The molecule has 0 spiro atoms. The van der Waals surface area contributed by atoms with Gasteiger partial charge < -0.3 is 10.6 Å². The van der Waals surface area contributed by atoms with Crippen LogP contribution in [-0.2, 0) is 7.05 Å². The summed E-state index contributed by atoms with van der Waals surface area (Å²) in [5, 5.41) is 3.99. The second-order valence-corrected chi connectivity index (χ2v) is 5.05. The maximum Gasteiger partial charge on any atom is 0.259 e. The van der Waals surface area contributed by atoms with Crippen LogP contribution in [0, 0.1) is 0 Å². The monoisotopic (exact) mass is 240 g/mol. The van der Waals surface area contributed by atoms with Crippen LogP contribution < -0.4 is 5.73 Å². The summed E-state index contributed by atoms with van der Waals surface area (Å²) < 4.78 is 1.53. The number of carbonyl (C=O) groups excluding carboxylic acids is 1. The minimum Gasteiger partial charge on any atom is -0.383 e. The molecule has 6 heteroatoms. The molecule has 1 aromatic rings. The number of nitrogens with two attached hydrogens (primary N) is 1. The van der Waals surface area contributed by atoms with Gasteiger partial charge in [0.1, 0.15) is 11.4 Å². The molecular formula is C10H16N4OS. The Labute approximate surface area is 99.0 Å². The van der Waals surface area contributed by atoms with Crippen LogP contribution in [0.5, 0.6) is 0 Å². The molecule has 0 saturated carbocycles. The van der Waals surface area contributed by atoms with Crippen molar-refractivity contribution in [3.63, 3.8) is 0 Å². The van der Waals surface area contributed by atoms with Crippen LogP contribution in [0.3, 0.4) is 0 Å². The Morgan fingerprint density at radius 1 is 1.50 bits per heavy atom. The predicted molar refractivity (Wildman–Crippen MR) is 65.5 cm³/mol. The van der Waals surface area contributed by atoms with Crippen molar-refractivity contribution >= 4 is 23.5 Å². The van der Waals surface area contributed by atoms with E-state index in [-0.39, 0.29) is 5.91 Å². The number of amides is 1. The molecule has 0 aliphatic carbocycles. The number of rotatable bonds is 1. The lowest BCUT2D eigenvalue weighted by atomic mass is 10.2. The fourth-order valence-electron chi connectivity index (χ4n) is 1.73. The third-order valence-electron chi connectivity index (χ3n) is 2.72. The third-order valence-corrected chi connectivity index (χ3v) is 3.77. The zero-order chi connectivity index (χ0) is 11.5. The number of carbonyl (C=O) groups is 1. The second kappa shape index (κ2) is 4.78. The van der Waals surface area contributed by atoms with E-state index in [2.05, 4.69) is 5.10 Å². The summed E-state index contributed by atoms with van der Waals surface area (Å²) in [6.07, 6.45) is 2.60. The Morgan fingerprint density at radius 3 is 3.00 bits per heavy atom. The Hall–Kier alpha value is -1.17. The van der Waals surface area contributed by atoms with E-state index < -0.39 is 0 Å². The van der Waals surface area contributed by atoms with Crippen molar-refractivity contribution in [2.75, 3.05) is 30.3 Å². The predicted octanol–water partition coefficient (Wildman–Crippen LogP) is 0.581. The molecule has 5 nitrogen and oxygen atoms in total. The molecule has 0 aromatic carbocycles. The number of nitrogens with zero attached hydrogens (tertiary/aromatic N) is 3. The fourth-order valence-corrected chi connectivity index (χ4v) is 2.62. The quantitative estimate of drug-likeness (QED) is 0.780. The zero-order valence-corrected chi connectivity index (χ0v) is 10.2. The topological polar surface area (TPSA) is 64.2 Å². The van der Waals surface area contributed by atoms with Crippen molar-refractivity contribution in [1.29, 1.82) is 0 Å². The Kier molecular flexibility index (Phi) is 3.38. The fraction of sp³-hybridized carbons (Fsp3) is 0.600. The summed E-state index contributed by atoms with van der Waals surface area (Å²) in [6.45, 7) is 1.62. The average molecular weight is 240 g/mol. The highest BCUT2D eigenvalue weighted by Crippen LogP contribution is 2.16. The minimum absolute atomic E-state index is 0.00750. The first-order chi connectivity index (χ1) is 7.70. The lowest BCUT2D eigenvalue weighted by molar-refractivity contribution is 0.0769. The molecule has 1 fully saturated rings. The molecule has 2 N–H and O–H groups in total. The second-order valence-electron chi connectivity index (χ2n) is 3.83. The summed E-state index contributed by atoms with van der Waals surface area (Å²) >= 11 is 1.90. The van der Waals surface area contributed by atoms with Gasteiger partial charge in [-0.05, 0) is 12.2 Å². The van der Waals surface area contributed by atoms with E-state index in [0.29, 0.717) is 11.4 Å². The highest BCUT2D eigenvalue weighted by molar-refractivity contribution is 7.99. The van der Waals surface area contributed by atoms with Crippen LogP contribution in [0.4, 0.5) is 5.82 Å². The number of thioether (sulfide) groups is 1. The third kappa shape index (κ3) is 2.16. The maximum atomic E-state index is 12.2. The van der Waals surface area contributed by atoms with Crippen molar-refractivity contribution in [3.05, 3.63) is 11.8 Å². The van der Waals surface area contributed by atoms with E-state index in [1.54, 1.807) is 13.2 Å². The number of hydrogen-bond acceptors (Lipinski definition) is 4. The SMILES string of the molecule is Cn1ncc(C(=O)N2CCCSCC2)c1N. The summed E-state index contributed by atoms with van der Waals surface area (Å²) in [6, 6.07) is 0. The van der Waals surface area contributed by atoms with Gasteiger partial charge in [-0.15, -0.1) is 0 Å². The van der Waals surface area contributed by atoms with E-state index in [4.69, 9.17) is 5.73 Å². The smallest absolute Gasteiger partial charge is 0.259 e. The molecule has 88 valence electrons. The van der Waals surface area contributed by atoms with Gasteiger partial charge in [-0.25, -0.2) is 0 Å². The Balaban J connectivity index is 2.14. The van der Waals surface area contributed by atoms with E-state index in [9.17, 15) is 4.79 Å². The van der Waals surface area contributed by atoms with Crippen LogP contribution in [0.25, 0.3) is 0 Å². The van der Waals surface area contributed by atoms with E-state index in [0.717, 1.165) is 31.0 Å². The normalized spacial score (nSPS) is 17.2. The number of nitrogen functional groups attached to an aromatic ring is 1. The minimum atomic E-state index is 0.00750. The number of hydrogen-bond donors (Lipinski definition) is 1. The Bertz CT molecular complexity index is 382. The van der Waals surface area contributed by atoms with Crippen LogP contribution in [0.1, 0.15) is 16.8 Å². The highest BCUT2D eigenvalue weighted by atomic mass is 32.2. The van der Waals surface area contributed by atoms with Crippen molar-refractivity contribution in [2.45, 2.75) is 6.42 Å². The molecule has 0 unspecified atom stereocenters. The van der Waals surface area contributed by atoms with Crippen LogP contribution in [0.15, 0.2) is 6.20 Å². The molecule has 0 radical (unpaired) electrons. The van der Waals surface area contributed by atoms with Crippen LogP contribution >= 0.6 is 11.8 Å². The van der Waals surface area contributed by atoms with Gasteiger partial charge in [-0.1, -0.05) is 0 Å². The van der Waals surface area contributed by atoms with Gasteiger partial charge in [0.2, 0.25) is 0 Å². The molecule has 1 amide bonds.